The third-order valence-electron chi connectivity index (χ3n) is 2.54. The fourth-order valence-corrected chi connectivity index (χ4v) is 2.48. The third-order valence-corrected chi connectivity index (χ3v) is 4.42. The normalized spacial score (nSPS) is 13.7. The minimum absolute atomic E-state index is 0.168. The molecule has 0 radical (unpaired) electrons. The van der Waals surface area contributed by atoms with Crippen LogP contribution in [0.5, 0.6) is 0 Å². The van der Waals surface area contributed by atoms with Gasteiger partial charge in [-0.25, -0.2) is 0 Å². The monoisotopic (exact) mass is 377 g/mol. The van der Waals surface area contributed by atoms with Gasteiger partial charge in [-0.2, -0.15) is 0 Å². The van der Waals surface area contributed by atoms with Gasteiger partial charge in [0, 0.05) is 22.0 Å². The fourth-order valence-electron chi connectivity index (χ4n) is 1.81. The van der Waals surface area contributed by atoms with Crippen molar-refractivity contribution in [2.75, 3.05) is 6.54 Å². The zero-order chi connectivity index (χ0) is 13.8. The number of halogens is 2. The summed E-state index contributed by atoms with van der Waals surface area (Å²) in [5.41, 5.74) is 1.37. The Morgan fingerprint density at radius 2 is 1.89 bits per heavy atom. The number of aliphatic hydroxyl groups is 1. The van der Waals surface area contributed by atoms with Crippen molar-refractivity contribution in [2.45, 2.75) is 39.8 Å². The molecule has 102 valence electrons. The first-order valence-electron chi connectivity index (χ1n) is 6.10. The molecule has 0 saturated carbocycles. The van der Waals surface area contributed by atoms with E-state index in [9.17, 15) is 5.11 Å². The Kier molecular flexibility index (Phi) is 6.31. The first-order valence-corrected chi connectivity index (χ1v) is 7.69. The Hall–Kier alpha value is 0.1000. The van der Waals surface area contributed by atoms with E-state index in [1.54, 1.807) is 0 Å². The summed E-state index contributed by atoms with van der Waals surface area (Å²) in [7, 11) is 0. The van der Waals surface area contributed by atoms with Crippen LogP contribution in [0.15, 0.2) is 27.1 Å². The van der Waals surface area contributed by atoms with Gasteiger partial charge >= 0.3 is 0 Å². The van der Waals surface area contributed by atoms with Gasteiger partial charge in [-0.15, -0.1) is 0 Å². The van der Waals surface area contributed by atoms with Crippen LogP contribution in [-0.4, -0.2) is 17.8 Å². The lowest BCUT2D eigenvalue weighted by Gasteiger charge is -2.22. The largest absolute Gasteiger partial charge is 0.392 e. The highest BCUT2D eigenvalue weighted by Gasteiger charge is 2.16. The predicted octanol–water partition coefficient (Wildman–Crippen LogP) is 4.10. The molecule has 0 fully saturated rings. The molecule has 0 bridgehead atoms. The number of rotatable bonds is 5. The van der Waals surface area contributed by atoms with Crippen LogP contribution >= 0.6 is 31.9 Å². The highest BCUT2D eigenvalue weighted by molar-refractivity contribution is 9.13. The first-order chi connectivity index (χ1) is 8.28. The van der Waals surface area contributed by atoms with E-state index in [1.807, 2.05) is 6.07 Å². The van der Waals surface area contributed by atoms with Gasteiger partial charge < -0.3 is 10.4 Å². The Balaban J connectivity index is 2.35. The number of nitrogens with one attached hydrogen (secondary N) is 1. The van der Waals surface area contributed by atoms with Crippen LogP contribution in [0.3, 0.4) is 0 Å². The molecular weight excluding hydrogens is 358 g/mol. The highest BCUT2D eigenvalue weighted by Crippen LogP contribution is 2.24. The van der Waals surface area contributed by atoms with E-state index in [4.69, 9.17) is 0 Å². The van der Waals surface area contributed by atoms with Crippen LogP contribution < -0.4 is 5.32 Å². The van der Waals surface area contributed by atoms with Crippen molar-refractivity contribution in [3.63, 3.8) is 0 Å². The van der Waals surface area contributed by atoms with E-state index in [1.165, 1.54) is 5.56 Å². The molecule has 1 aromatic carbocycles. The molecule has 2 N–H and O–H groups in total. The predicted molar refractivity (Wildman–Crippen MR) is 83.6 cm³/mol. The average molecular weight is 379 g/mol. The number of benzene rings is 1. The highest BCUT2D eigenvalue weighted by atomic mass is 79.9. The minimum atomic E-state index is -0.288. The summed E-state index contributed by atoms with van der Waals surface area (Å²) in [6.45, 7) is 7.82. The lowest BCUT2D eigenvalue weighted by Crippen LogP contribution is -2.29. The quantitative estimate of drug-likeness (QED) is 0.808. The second-order valence-corrected chi connectivity index (χ2v) is 7.51. The average Bonchev–Trinajstić information content (AvgIpc) is 2.20. The van der Waals surface area contributed by atoms with Crippen LogP contribution in [0.25, 0.3) is 0 Å². The number of hydrogen-bond acceptors (Lipinski definition) is 2. The van der Waals surface area contributed by atoms with Gasteiger partial charge in [0.1, 0.15) is 0 Å². The molecule has 0 aromatic heterocycles. The van der Waals surface area contributed by atoms with Crippen molar-refractivity contribution in [2.24, 2.45) is 5.41 Å². The standard InChI is InChI=1S/C14H21Br2NO/c1-14(2,3)7-11(18)9-17-8-10-4-5-12(15)13(16)6-10/h4-6,11,17-18H,7-9H2,1-3H3. The van der Waals surface area contributed by atoms with Crippen LogP contribution in [0, 0.1) is 5.41 Å². The van der Waals surface area contributed by atoms with Gasteiger partial charge in [0.2, 0.25) is 0 Å². The summed E-state index contributed by atoms with van der Waals surface area (Å²) in [6, 6.07) is 6.16. The molecule has 4 heteroatoms. The molecule has 0 aliphatic rings. The second kappa shape index (κ2) is 7.04. The first kappa shape index (κ1) is 16.2. The molecule has 0 amide bonds. The smallest absolute Gasteiger partial charge is 0.0669 e. The number of hydrogen-bond donors (Lipinski definition) is 2. The van der Waals surface area contributed by atoms with Gasteiger partial charge in [0.25, 0.3) is 0 Å². The minimum Gasteiger partial charge on any atom is -0.392 e. The van der Waals surface area contributed by atoms with E-state index < -0.39 is 0 Å². The van der Waals surface area contributed by atoms with Crippen molar-refractivity contribution in [1.82, 2.24) is 5.32 Å². The maximum atomic E-state index is 9.88. The topological polar surface area (TPSA) is 32.3 Å². The van der Waals surface area contributed by atoms with Gasteiger partial charge in [-0.1, -0.05) is 26.8 Å². The summed E-state index contributed by atoms with van der Waals surface area (Å²) in [6.07, 6.45) is 0.521. The maximum Gasteiger partial charge on any atom is 0.0669 e. The summed E-state index contributed by atoms with van der Waals surface area (Å²) in [4.78, 5) is 0. The van der Waals surface area contributed by atoms with Crippen molar-refractivity contribution in [1.29, 1.82) is 0 Å². The zero-order valence-corrected chi connectivity index (χ0v) is 14.3. The molecule has 0 aliphatic heterocycles. The zero-order valence-electron chi connectivity index (χ0n) is 11.1. The van der Waals surface area contributed by atoms with E-state index in [2.05, 4.69) is 70.1 Å². The van der Waals surface area contributed by atoms with Crippen LogP contribution in [0.1, 0.15) is 32.8 Å². The number of aliphatic hydroxyl groups excluding tert-OH is 1. The summed E-state index contributed by atoms with van der Waals surface area (Å²) < 4.78 is 2.11. The molecule has 1 unspecified atom stereocenters. The van der Waals surface area contributed by atoms with E-state index >= 15 is 0 Å². The lowest BCUT2D eigenvalue weighted by atomic mass is 9.89. The second-order valence-electron chi connectivity index (χ2n) is 5.80. The molecule has 0 saturated heterocycles. The summed E-state index contributed by atoms with van der Waals surface area (Å²) in [5, 5.41) is 13.2. The van der Waals surface area contributed by atoms with Crippen molar-refractivity contribution < 1.29 is 5.11 Å². The van der Waals surface area contributed by atoms with Crippen LogP contribution in [0.2, 0.25) is 0 Å². The molecular formula is C14H21Br2NO. The van der Waals surface area contributed by atoms with Crippen molar-refractivity contribution in [3.05, 3.63) is 32.7 Å². The fraction of sp³-hybridized carbons (Fsp3) is 0.571. The van der Waals surface area contributed by atoms with Gasteiger partial charge in [0.05, 0.1) is 6.10 Å². The lowest BCUT2D eigenvalue weighted by molar-refractivity contribution is 0.119. The Labute approximate surface area is 126 Å². The molecule has 1 aromatic rings. The molecule has 0 spiro atoms. The van der Waals surface area contributed by atoms with E-state index in [-0.39, 0.29) is 11.5 Å². The van der Waals surface area contributed by atoms with Gasteiger partial charge in [-0.3, -0.25) is 0 Å². The van der Waals surface area contributed by atoms with Crippen LogP contribution in [0.4, 0.5) is 0 Å². The molecule has 0 heterocycles. The molecule has 1 atom stereocenters. The van der Waals surface area contributed by atoms with Crippen LogP contribution in [-0.2, 0) is 6.54 Å². The van der Waals surface area contributed by atoms with Crippen molar-refractivity contribution >= 4 is 31.9 Å². The van der Waals surface area contributed by atoms with Gasteiger partial charge in [-0.05, 0) is 61.4 Å². The summed E-state index contributed by atoms with van der Waals surface area (Å²) in [5.74, 6) is 0. The van der Waals surface area contributed by atoms with E-state index in [0.29, 0.717) is 6.54 Å². The maximum absolute atomic E-state index is 9.88. The molecule has 18 heavy (non-hydrogen) atoms. The third kappa shape index (κ3) is 6.32. The Bertz CT molecular complexity index is 388. The summed E-state index contributed by atoms with van der Waals surface area (Å²) >= 11 is 6.93. The van der Waals surface area contributed by atoms with Gasteiger partial charge in [0.15, 0.2) is 0 Å². The van der Waals surface area contributed by atoms with E-state index in [0.717, 1.165) is 21.9 Å². The van der Waals surface area contributed by atoms with Crippen molar-refractivity contribution in [3.8, 4) is 0 Å². The molecule has 1 rings (SSSR count). The SMILES string of the molecule is CC(C)(C)CC(O)CNCc1ccc(Br)c(Br)c1. The molecule has 2 nitrogen and oxygen atoms in total. The Morgan fingerprint density at radius 1 is 1.22 bits per heavy atom. The Morgan fingerprint density at radius 3 is 2.44 bits per heavy atom. The molecule has 0 aliphatic carbocycles.